The van der Waals surface area contributed by atoms with Crippen molar-refractivity contribution >= 4 is 11.9 Å². The summed E-state index contributed by atoms with van der Waals surface area (Å²) < 4.78 is 10.7. The minimum atomic E-state index is -1.01. The highest BCUT2D eigenvalue weighted by molar-refractivity contribution is 5.82. The summed E-state index contributed by atoms with van der Waals surface area (Å²) in [6.07, 6.45) is -0.130. The van der Waals surface area contributed by atoms with Gasteiger partial charge in [-0.2, -0.15) is 0 Å². The predicted octanol–water partition coefficient (Wildman–Crippen LogP) is 2.01. The molecule has 2 rings (SSSR count). The first-order valence-corrected chi connectivity index (χ1v) is 8.23. The number of benzene rings is 1. The molecule has 1 aliphatic heterocycles. The van der Waals surface area contributed by atoms with Gasteiger partial charge in [-0.25, -0.2) is 4.79 Å². The number of carboxylic acids is 1. The summed E-state index contributed by atoms with van der Waals surface area (Å²) in [5.74, 6) is -0.247. The average molecular weight is 335 g/mol. The number of hydrogen-bond acceptors (Lipinski definition) is 4. The molecule has 132 valence electrons. The molecule has 6 nitrogen and oxygen atoms in total. The molecule has 2 N–H and O–H groups in total. The predicted molar refractivity (Wildman–Crippen MR) is 89.0 cm³/mol. The quantitative estimate of drug-likeness (QED) is 0.796. The molecule has 1 fully saturated rings. The molecule has 1 amide bonds. The number of carbonyl (C=O) groups is 2. The van der Waals surface area contributed by atoms with E-state index in [1.165, 1.54) is 0 Å². The second-order valence-corrected chi connectivity index (χ2v) is 6.40. The van der Waals surface area contributed by atoms with Crippen molar-refractivity contribution in [1.29, 1.82) is 0 Å². The number of amides is 1. The van der Waals surface area contributed by atoms with Crippen molar-refractivity contribution in [3.05, 3.63) is 29.8 Å². The SMILES string of the molecule is COc1ccccc1CC(NC(=O)[C@@H]1CC[C@H](C(=O)O)O1)C(C)C. The molecule has 1 aromatic rings. The standard InChI is InChI=1S/C18H25NO5/c1-11(2)13(10-12-6-4-5-7-14(12)23-3)19-17(20)15-8-9-16(24-15)18(21)22/h4-7,11,13,15-16H,8-10H2,1-3H3,(H,19,20)(H,21,22)/t13?,15-,16+/m0/s1. The van der Waals surface area contributed by atoms with Gasteiger partial charge in [0.2, 0.25) is 5.91 Å². The van der Waals surface area contributed by atoms with E-state index in [1.807, 2.05) is 38.1 Å². The fraction of sp³-hybridized carbons (Fsp3) is 0.556. The maximum Gasteiger partial charge on any atom is 0.332 e. The van der Waals surface area contributed by atoms with Gasteiger partial charge < -0.3 is 19.9 Å². The Hall–Kier alpha value is -2.08. The average Bonchev–Trinajstić information content (AvgIpc) is 3.05. The first-order valence-electron chi connectivity index (χ1n) is 8.23. The van der Waals surface area contributed by atoms with Gasteiger partial charge in [-0.15, -0.1) is 0 Å². The summed E-state index contributed by atoms with van der Waals surface area (Å²) >= 11 is 0. The zero-order valence-corrected chi connectivity index (χ0v) is 14.3. The molecule has 0 aromatic heterocycles. The van der Waals surface area contributed by atoms with Crippen molar-refractivity contribution in [3.8, 4) is 5.75 Å². The molecule has 1 heterocycles. The summed E-state index contributed by atoms with van der Waals surface area (Å²) in [7, 11) is 1.63. The Morgan fingerprint density at radius 1 is 1.29 bits per heavy atom. The van der Waals surface area contributed by atoms with Gasteiger partial charge in [-0.1, -0.05) is 32.0 Å². The topological polar surface area (TPSA) is 84.9 Å². The van der Waals surface area contributed by atoms with Crippen molar-refractivity contribution in [3.63, 3.8) is 0 Å². The largest absolute Gasteiger partial charge is 0.496 e. The Morgan fingerprint density at radius 2 is 1.96 bits per heavy atom. The molecule has 1 aliphatic rings. The minimum absolute atomic E-state index is 0.0821. The van der Waals surface area contributed by atoms with E-state index in [0.29, 0.717) is 19.3 Å². The number of para-hydroxylation sites is 1. The number of rotatable bonds is 7. The summed E-state index contributed by atoms with van der Waals surface area (Å²) in [5, 5.41) is 12.0. The Bertz CT molecular complexity index is 587. The third-order valence-corrected chi connectivity index (χ3v) is 4.35. The highest BCUT2D eigenvalue weighted by atomic mass is 16.5. The molecule has 0 radical (unpaired) electrons. The van der Waals surface area contributed by atoms with Crippen molar-refractivity contribution in [2.45, 2.75) is 51.4 Å². The number of hydrogen-bond donors (Lipinski definition) is 2. The highest BCUT2D eigenvalue weighted by Gasteiger charge is 2.35. The van der Waals surface area contributed by atoms with Crippen molar-refractivity contribution in [2.75, 3.05) is 7.11 Å². The van der Waals surface area contributed by atoms with Gasteiger partial charge in [0, 0.05) is 6.04 Å². The number of ether oxygens (including phenoxy) is 2. The van der Waals surface area contributed by atoms with Crippen molar-refractivity contribution < 1.29 is 24.2 Å². The first-order chi connectivity index (χ1) is 11.4. The van der Waals surface area contributed by atoms with Crippen LogP contribution < -0.4 is 10.1 Å². The maximum atomic E-state index is 12.4. The smallest absolute Gasteiger partial charge is 0.332 e. The van der Waals surface area contributed by atoms with Crippen LogP contribution in [0.15, 0.2) is 24.3 Å². The van der Waals surface area contributed by atoms with Crippen LogP contribution >= 0.6 is 0 Å². The molecule has 6 heteroatoms. The molecule has 0 aliphatic carbocycles. The highest BCUT2D eigenvalue weighted by Crippen LogP contribution is 2.23. The van der Waals surface area contributed by atoms with E-state index >= 15 is 0 Å². The van der Waals surface area contributed by atoms with E-state index in [4.69, 9.17) is 14.6 Å². The van der Waals surface area contributed by atoms with Crippen LogP contribution in [0.25, 0.3) is 0 Å². The second-order valence-electron chi connectivity index (χ2n) is 6.40. The third-order valence-electron chi connectivity index (χ3n) is 4.35. The molecule has 1 saturated heterocycles. The minimum Gasteiger partial charge on any atom is -0.496 e. The zero-order chi connectivity index (χ0) is 17.7. The van der Waals surface area contributed by atoms with Crippen molar-refractivity contribution in [1.82, 2.24) is 5.32 Å². The van der Waals surface area contributed by atoms with E-state index in [-0.39, 0.29) is 17.9 Å². The van der Waals surface area contributed by atoms with Gasteiger partial charge in [0.25, 0.3) is 0 Å². The molecule has 1 unspecified atom stereocenters. The lowest BCUT2D eigenvalue weighted by Crippen LogP contribution is -2.45. The fourth-order valence-corrected chi connectivity index (χ4v) is 2.85. The molecule has 1 aromatic carbocycles. The Labute approximate surface area is 142 Å². The van der Waals surface area contributed by atoms with Crippen LogP contribution in [0.2, 0.25) is 0 Å². The van der Waals surface area contributed by atoms with Crippen LogP contribution in [0.3, 0.4) is 0 Å². The summed E-state index contributed by atoms with van der Waals surface area (Å²) in [4.78, 5) is 23.4. The van der Waals surface area contributed by atoms with Crippen LogP contribution in [0, 0.1) is 5.92 Å². The number of aliphatic carboxylic acids is 1. The van der Waals surface area contributed by atoms with Crippen molar-refractivity contribution in [2.24, 2.45) is 5.92 Å². The molecular formula is C18H25NO5. The third kappa shape index (κ3) is 4.47. The lowest BCUT2D eigenvalue weighted by atomic mass is 9.95. The van der Waals surface area contributed by atoms with E-state index in [9.17, 15) is 9.59 Å². The maximum absolute atomic E-state index is 12.4. The van der Waals surface area contributed by atoms with Gasteiger partial charge in [0.15, 0.2) is 6.10 Å². The fourth-order valence-electron chi connectivity index (χ4n) is 2.85. The first kappa shape index (κ1) is 18.3. The molecule has 0 spiro atoms. The van der Waals surface area contributed by atoms with Gasteiger partial charge >= 0.3 is 5.97 Å². The number of nitrogens with one attached hydrogen (secondary N) is 1. The molecule has 0 bridgehead atoms. The molecule has 3 atom stereocenters. The lowest BCUT2D eigenvalue weighted by Gasteiger charge is -2.25. The van der Waals surface area contributed by atoms with Gasteiger partial charge in [-0.3, -0.25) is 4.79 Å². The number of methoxy groups -OCH3 is 1. The van der Waals surface area contributed by atoms with Crippen LogP contribution in [0.5, 0.6) is 5.75 Å². The van der Waals surface area contributed by atoms with Gasteiger partial charge in [-0.05, 0) is 36.8 Å². The Morgan fingerprint density at radius 3 is 2.54 bits per heavy atom. The van der Waals surface area contributed by atoms with E-state index in [1.54, 1.807) is 7.11 Å². The summed E-state index contributed by atoms with van der Waals surface area (Å²) in [6, 6.07) is 7.64. The molecule has 24 heavy (non-hydrogen) atoms. The van der Waals surface area contributed by atoms with Crippen LogP contribution in [0.1, 0.15) is 32.3 Å². The van der Waals surface area contributed by atoms with Crippen LogP contribution in [0.4, 0.5) is 0 Å². The summed E-state index contributed by atoms with van der Waals surface area (Å²) in [5.41, 5.74) is 1.02. The van der Waals surface area contributed by atoms with Gasteiger partial charge in [0.05, 0.1) is 7.11 Å². The lowest BCUT2D eigenvalue weighted by molar-refractivity contribution is -0.152. The molecular weight excluding hydrogens is 310 g/mol. The van der Waals surface area contributed by atoms with Gasteiger partial charge in [0.1, 0.15) is 11.9 Å². The van der Waals surface area contributed by atoms with E-state index < -0.39 is 18.2 Å². The van der Waals surface area contributed by atoms with E-state index in [2.05, 4.69) is 5.32 Å². The monoisotopic (exact) mass is 335 g/mol. The number of carboxylic acid groups (broad SMARTS) is 1. The molecule has 0 saturated carbocycles. The zero-order valence-electron chi connectivity index (χ0n) is 14.3. The Balaban J connectivity index is 2.01. The Kier molecular flexibility index (Phi) is 6.20. The van der Waals surface area contributed by atoms with Crippen LogP contribution in [-0.2, 0) is 20.7 Å². The van der Waals surface area contributed by atoms with E-state index in [0.717, 1.165) is 11.3 Å². The number of carbonyl (C=O) groups excluding carboxylic acids is 1. The van der Waals surface area contributed by atoms with Crippen LogP contribution in [-0.4, -0.2) is 42.3 Å². The second kappa shape index (κ2) is 8.15. The summed E-state index contributed by atoms with van der Waals surface area (Å²) in [6.45, 7) is 4.08. The normalized spacial score (nSPS) is 21.5.